The molecular weight excluding hydrogens is 418 g/mol. The van der Waals surface area contributed by atoms with Gasteiger partial charge in [-0.25, -0.2) is 4.98 Å². The lowest BCUT2D eigenvalue weighted by molar-refractivity contribution is -0.384. The highest BCUT2D eigenvalue weighted by atomic mass is 32.2. The predicted octanol–water partition coefficient (Wildman–Crippen LogP) is 1.68. The molecular formula is C17H23N5O5S2. The number of aromatic nitrogens is 1. The summed E-state index contributed by atoms with van der Waals surface area (Å²) in [6.45, 7) is 6.29. The third-order valence-corrected chi connectivity index (χ3v) is 8.17. The van der Waals surface area contributed by atoms with Gasteiger partial charge in [0, 0.05) is 51.4 Å². The van der Waals surface area contributed by atoms with E-state index in [0.717, 1.165) is 9.83 Å². The van der Waals surface area contributed by atoms with Crippen LogP contribution in [0.2, 0.25) is 0 Å². The lowest BCUT2D eigenvalue weighted by Crippen LogP contribution is -2.57. The van der Waals surface area contributed by atoms with Gasteiger partial charge in [-0.1, -0.05) is 11.3 Å². The Morgan fingerprint density at radius 1 is 1.14 bits per heavy atom. The normalized spacial score (nSPS) is 24.8. The Morgan fingerprint density at radius 3 is 2.41 bits per heavy atom. The third kappa shape index (κ3) is 4.08. The van der Waals surface area contributed by atoms with Gasteiger partial charge in [0.05, 0.1) is 27.3 Å². The molecule has 2 aliphatic rings. The molecule has 2 atom stereocenters. The lowest BCUT2D eigenvalue weighted by Gasteiger charge is -2.40. The van der Waals surface area contributed by atoms with E-state index >= 15 is 0 Å². The minimum absolute atomic E-state index is 0.0394. The summed E-state index contributed by atoms with van der Waals surface area (Å²) in [6.07, 6.45) is -0.247. The summed E-state index contributed by atoms with van der Waals surface area (Å²) in [4.78, 5) is 17.1. The maximum absolute atomic E-state index is 13.0. The molecule has 29 heavy (non-hydrogen) atoms. The summed E-state index contributed by atoms with van der Waals surface area (Å²) in [5, 5.41) is 11.7. The van der Waals surface area contributed by atoms with Crippen LogP contribution >= 0.6 is 11.3 Å². The molecule has 0 spiro atoms. The fourth-order valence-corrected chi connectivity index (χ4v) is 6.54. The average Bonchev–Trinajstić information content (AvgIpc) is 3.10. The van der Waals surface area contributed by atoms with E-state index in [9.17, 15) is 18.5 Å². The highest BCUT2D eigenvalue weighted by Gasteiger charge is 2.37. The lowest BCUT2D eigenvalue weighted by atomic mass is 10.3. The van der Waals surface area contributed by atoms with Gasteiger partial charge in [-0.2, -0.15) is 17.0 Å². The van der Waals surface area contributed by atoms with Gasteiger partial charge in [0.15, 0.2) is 5.13 Å². The van der Waals surface area contributed by atoms with E-state index in [0.29, 0.717) is 44.8 Å². The van der Waals surface area contributed by atoms with Gasteiger partial charge in [0.2, 0.25) is 0 Å². The van der Waals surface area contributed by atoms with Crippen LogP contribution in [0.15, 0.2) is 18.2 Å². The second kappa shape index (κ2) is 7.76. The van der Waals surface area contributed by atoms with Crippen molar-refractivity contribution in [1.82, 2.24) is 13.6 Å². The Hall–Kier alpha value is -1.86. The van der Waals surface area contributed by atoms with Gasteiger partial charge in [0.1, 0.15) is 0 Å². The Balaban J connectivity index is 1.45. The van der Waals surface area contributed by atoms with E-state index in [4.69, 9.17) is 4.74 Å². The Bertz CT molecular complexity index is 1010. The number of benzene rings is 1. The van der Waals surface area contributed by atoms with Crippen molar-refractivity contribution in [2.75, 3.05) is 44.2 Å². The van der Waals surface area contributed by atoms with Crippen molar-refractivity contribution >= 4 is 42.6 Å². The largest absolute Gasteiger partial charge is 0.373 e. The number of thiazole rings is 1. The average molecular weight is 442 g/mol. The summed E-state index contributed by atoms with van der Waals surface area (Å²) >= 11 is 1.39. The SMILES string of the molecule is CC1CN(S(=O)(=O)N2CCN(c3nc4ccc([N+](=O)[O-])cc4s3)CC2)CC(C)O1. The van der Waals surface area contributed by atoms with Crippen molar-refractivity contribution in [2.24, 2.45) is 0 Å². The minimum Gasteiger partial charge on any atom is -0.373 e. The number of hydrogen-bond acceptors (Lipinski definition) is 8. The number of piperazine rings is 1. The molecule has 0 bridgehead atoms. The molecule has 0 aliphatic carbocycles. The van der Waals surface area contributed by atoms with Crippen molar-refractivity contribution in [1.29, 1.82) is 0 Å². The molecule has 2 unspecified atom stereocenters. The monoisotopic (exact) mass is 441 g/mol. The van der Waals surface area contributed by atoms with E-state index in [1.54, 1.807) is 6.07 Å². The molecule has 3 heterocycles. The van der Waals surface area contributed by atoms with Crippen LogP contribution in [-0.4, -0.2) is 78.4 Å². The zero-order valence-corrected chi connectivity index (χ0v) is 17.9. The number of nitro benzene ring substituents is 1. The molecule has 158 valence electrons. The Morgan fingerprint density at radius 2 is 1.79 bits per heavy atom. The molecule has 0 N–H and O–H groups in total. The topological polar surface area (TPSA) is 109 Å². The molecule has 2 fully saturated rings. The maximum Gasteiger partial charge on any atom is 0.282 e. The van der Waals surface area contributed by atoms with E-state index in [1.807, 2.05) is 18.7 Å². The first kappa shape index (κ1) is 20.4. The van der Waals surface area contributed by atoms with Crippen LogP contribution in [0, 0.1) is 10.1 Å². The van der Waals surface area contributed by atoms with E-state index in [-0.39, 0.29) is 17.9 Å². The van der Waals surface area contributed by atoms with Gasteiger partial charge in [-0.05, 0) is 19.9 Å². The summed E-state index contributed by atoms with van der Waals surface area (Å²) in [6, 6.07) is 4.62. The molecule has 0 radical (unpaired) electrons. The van der Waals surface area contributed by atoms with E-state index < -0.39 is 15.1 Å². The Kier molecular flexibility index (Phi) is 5.46. The molecule has 2 aromatic rings. The third-order valence-electron chi connectivity index (χ3n) is 5.12. The van der Waals surface area contributed by atoms with Crippen LogP contribution in [0.4, 0.5) is 10.8 Å². The van der Waals surface area contributed by atoms with Crippen molar-refractivity contribution in [3.63, 3.8) is 0 Å². The van der Waals surface area contributed by atoms with Gasteiger partial charge in [-0.3, -0.25) is 10.1 Å². The molecule has 4 rings (SSSR count). The summed E-state index contributed by atoms with van der Waals surface area (Å²) in [7, 11) is -3.53. The molecule has 10 nitrogen and oxygen atoms in total. The number of ether oxygens (including phenoxy) is 1. The number of anilines is 1. The first-order chi connectivity index (χ1) is 13.7. The number of hydrogen-bond donors (Lipinski definition) is 0. The minimum atomic E-state index is -3.53. The van der Waals surface area contributed by atoms with Crippen LogP contribution in [-0.2, 0) is 14.9 Å². The van der Waals surface area contributed by atoms with Crippen LogP contribution in [0.3, 0.4) is 0 Å². The van der Waals surface area contributed by atoms with E-state index in [2.05, 4.69) is 4.98 Å². The molecule has 12 heteroatoms. The molecule has 2 aliphatic heterocycles. The number of non-ortho nitro benzene ring substituents is 1. The predicted molar refractivity (Wildman–Crippen MR) is 111 cm³/mol. The molecule has 1 aromatic carbocycles. The number of fused-ring (bicyclic) bond motifs is 1. The van der Waals surface area contributed by atoms with Gasteiger partial charge >= 0.3 is 0 Å². The molecule has 1 aromatic heterocycles. The van der Waals surface area contributed by atoms with Crippen molar-refractivity contribution < 1.29 is 18.1 Å². The molecule has 2 saturated heterocycles. The van der Waals surface area contributed by atoms with Gasteiger partial charge in [0.25, 0.3) is 15.9 Å². The van der Waals surface area contributed by atoms with E-state index in [1.165, 1.54) is 32.1 Å². The number of morpholine rings is 1. The van der Waals surface area contributed by atoms with Crippen LogP contribution < -0.4 is 4.90 Å². The van der Waals surface area contributed by atoms with Crippen molar-refractivity contribution in [2.45, 2.75) is 26.1 Å². The maximum atomic E-state index is 13.0. The second-order valence-electron chi connectivity index (χ2n) is 7.37. The Labute approximate surface area is 173 Å². The number of nitro groups is 1. The highest BCUT2D eigenvalue weighted by molar-refractivity contribution is 7.86. The second-order valence-corrected chi connectivity index (χ2v) is 10.3. The van der Waals surface area contributed by atoms with Crippen molar-refractivity contribution in [3.05, 3.63) is 28.3 Å². The number of nitrogens with zero attached hydrogens (tertiary/aromatic N) is 5. The van der Waals surface area contributed by atoms with Crippen molar-refractivity contribution in [3.8, 4) is 0 Å². The molecule has 0 saturated carbocycles. The van der Waals surface area contributed by atoms with Gasteiger partial charge < -0.3 is 9.64 Å². The quantitative estimate of drug-likeness (QED) is 0.524. The van der Waals surface area contributed by atoms with Crippen LogP contribution in [0.25, 0.3) is 10.2 Å². The summed E-state index contributed by atoms with van der Waals surface area (Å²) in [5.74, 6) is 0. The molecule has 0 amide bonds. The number of rotatable bonds is 4. The zero-order valence-electron chi connectivity index (χ0n) is 16.2. The first-order valence-electron chi connectivity index (χ1n) is 9.44. The summed E-state index contributed by atoms with van der Waals surface area (Å²) < 4.78 is 35.5. The van der Waals surface area contributed by atoms with Gasteiger partial charge in [-0.15, -0.1) is 0 Å². The zero-order chi connectivity index (χ0) is 20.8. The first-order valence-corrected chi connectivity index (χ1v) is 11.7. The smallest absolute Gasteiger partial charge is 0.282 e. The fourth-order valence-electron chi connectivity index (χ4n) is 3.74. The fraction of sp³-hybridized carbons (Fsp3) is 0.588. The van der Waals surface area contributed by atoms with Crippen LogP contribution in [0.1, 0.15) is 13.8 Å². The summed E-state index contributed by atoms with van der Waals surface area (Å²) in [5.41, 5.74) is 0.750. The highest BCUT2D eigenvalue weighted by Crippen LogP contribution is 2.32. The standard InChI is InChI=1S/C17H23N5O5S2/c1-12-10-21(11-13(2)27-12)29(25,26)20-7-5-19(6-8-20)17-18-15-4-3-14(22(23)24)9-16(15)28-17/h3-4,9,12-13H,5-8,10-11H2,1-2H3. The van der Waals surface area contributed by atoms with Crippen LogP contribution in [0.5, 0.6) is 0 Å².